The van der Waals surface area contributed by atoms with Gasteiger partial charge in [0.1, 0.15) is 11.4 Å². The highest BCUT2D eigenvalue weighted by Gasteiger charge is 2.19. The molecular formula is C20H18ClN5O4. The molecule has 1 aromatic heterocycles. The summed E-state index contributed by atoms with van der Waals surface area (Å²) in [4.78, 5) is 43.2. The van der Waals surface area contributed by atoms with Crippen LogP contribution < -0.4 is 20.7 Å². The average molecular weight is 428 g/mol. The second-order valence-electron chi connectivity index (χ2n) is 6.04. The van der Waals surface area contributed by atoms with Crippen molar-refractivity contribution >= 4 is 40.7 Å². The smallest absolute Gasteiger partial charge is 0.274 e. The van der Waals surface area contributed by atoms with Crippen LogP contribution in [0.15, 0.2) is 48.8 Å². The normalized spacial score (nSPS) is 10.2. The molecule has 1 heterocycles. The lowest BCUT2D eigenvalue weighted by atomic mass is 10.1. The summed E-state index contributed by atoms with van der Waals surface area (Å²) in [6.45, 7) is 0. The predicted molar refractivity (Wildman–Crippen MR) is 112 cm³/mol. The maximum Gasteiger partial charge on any atom is 0.274 e. The summed E-state index contributed by atoms with van der Waals surface area (Å²) < 4.78 is 5.19. The highest BCUT2D eigenvalue weighted by molar-refractivity contribution is 6.31. The van der Waals surface area contributed by atoms with Crippen molar-refractivity contribution in [3.63, 3.8) is 0 Å². The zero-order valence-electron chi connectivity index (χ0n) is 16.1. The van der Waals surface area contributed by atoms with Crippen LogP contribution in [0.2, 0.25) is 5.02 Å². The number of methoxy groups -OCH3 is 1. The average Bonchev–Trinajstić information content (AvgIpc) is 3.24. The number of nitrogens with one attached hydrogen (secondary N) is 4. The highest BCUT2D eigenvalue weighted by atomic mass is 35.5. The summed E-state index contributed by atoms with van der Waals surface area (Å²) in [6, 6.07) is 11.2. The van der Waals surface area contributed by atoms with E-state index in [4.69, 9.17) is 16.3 Å². The Morgan fingerprint density at radius 3 is 2.20 bits per heavy atom. The Balaban J connectivity index is 1.68. The number of amides is 3. The number of ether oxygens (including phenoxy) is 1. The van der Waals surface area contributed by atoms with E-state index in [1.54, 1.807) is 42.5 Å². The van der Waals surface area contributed by atoms with Gasteiger partial charge in [-0.05, 0) is 42.5 Å². The number of imidazole rings is 1. The number of nitrogens with zero attached hydrogens (tertiary/aromatic N) is 1. The molecule has 154 valence electrons. The van der Waals surface area contributed by atoms with Gasteiger partial charge in [0, 0.05) is 23.4 Å². The number of carbonyl (C=O) groups is 3. The fourth-order valence-electron chi connectivity index (χ4n) is 2.64. The minimum absolute atomic E-state index is 0.00389. The van der Waals surface area contributed by atoms with E-state index < -0.39 is 11.8 Å². The highest BCUT2D eigenvalue weighted by Crippen LogP contribution is 2.24. The summed E-state index contributed by atoms with van der Waals surface area (Å²) in [5, 5.41) is 8.29. The van der Waals surface area contributed by atoms with Gasteiger partial charge in [-0.3, -0.25) is 14.4 Å². The molecule has 0 aliphatic rings. The van der Waals surface area contributed by atoms with E-state index in [1.165, 1.54) is 20.5 Å². The fourth-order valence-corrected chi connectivity index (χ4v) is 2.80. The van der Waals surface area contributed by atoms with Gasteiger partial charge in [-0.2, -0.15) is 0 Å². The maximum atomic E-state index is 12.5. The number of anilines is 2. The Labute approximate surface area is 176 Å². The lowest BCUT2D eigenvalue weighted by Crippen LogP contribution is -2.23. The van der Waals surface area contributed by atoms with Crippen LogP contribution in [0.3, 0.4) is 0 Å². The van der Waals surface area contributed by atoms with E-state index in [-0.39, 0.29) is 17.3 Å². The molecule has 2 aromatic carbocycles. The SMILES string of the molecule is CNC(=O)c1nc[nH]c1C(=O)Nc1ccc(NC(=O)c2ccc(Cl)cc2OC)cc1. The standard InChI is InChI=1S/C20H18ClN5O4/c1-22-19(28)16-17(24-10-23-16)20(29)26-13-6-4-12(5-7-13)25-18(27)14-8-3-11(21)9-15(14)30-2/h3-10H,1-2H3,(H,22,28)(H,23,24)(H,25,27)(H,26,29). The molecule has 0 unspecified atom stereocenters. The van der Waals surface area contributed by atoms with Crippen molar-refractivity contribution in [3.8, 4) is 5.75 Å². The zero-order chi connectivity index (χ0) is 21.7. The molecule has 3 aromatic rings. The van der Waals surface area contributed by atoms with Gasteiger partial charge in [0.15, 0.2) is 5.69 Å². The second kappa shape index (κ2) is 9.10. The number of benzene rings is 2. The molecule has 3 amide bonds. The molecule has 0 saturated carbocycles. The van der Waals surface area contributed by atoms with Crippen molar-refractivity contribution < 1.29 is 19.1 Å². The molecule has 0 aliphatic heterocycles. The van der Waals surface area contributed by atoms with Crippen molar-refractivity contribution in [1.82, 2.24) is 15.3 Å². The first-order valence-corrected chi connectivity index (χ1v) is 9.12. The van der Waals surface area contributed by atoms with Gasteiger partial charge < -0.3 is 25.7 Å². The third-order valence-electron chi connectivity index (χ3n) is 4.12. The molecule has 0 spiro atoms. The third kappa shape index (κ3) is 4.58. The van der Waals surface area contributed by atoms with Crippen LogP contribution >= 0.6 is 11.6 Å². The minimum Gasteiger partial charge on any atom is -0.496 e. The topological polar surface area (TPSA) is 125 Å². The number of aromatic nitrogens is 2. The Morgan fingerprint density at radius 2 is 1.60 bits per heavy atom. The molecule has 0 saturated heterocycles. The molecule has 4 N–H and O–H groups in total. The van der Waals surface area contributed by atoms with Crippen molar-refractivity contribution in [3.05, 3.63) is 70.8 Å². The monoisotopic (exact) mass is 427 g/mol. The van der Waals surface area contributed by atoms with Crippen LogP contribution in [0.4, 0.5) is 11.4 Å². The van der Waals surface area contributed by atoms with Crippen LogP contribution in [-0.4, -0.2) is 41.8 Å². The molecule has 0 radical (unpaired) electrons. The first-order chi connectivity index (χ1) is 14.4. The molecule has 3 rings (SSSR count). The summed E-state index contributed by atoms with van der Waals surface area (Å²) in [5.41, 5.74) is 1.36. The predicted octanol–water partition coefficient (Wildman–Crippen LogP) is 2.94. The molecule has 9 nitrogen and oxygen atoms in total. The van der Waals surface area contributed by atoms with E-state index in [0.29, 0.717) is 27.7 Å². The van der Waals surface area contributed by atoms with Gasteiger partial charge in [-0.15, -0.1) is 0 Å². The number of carbonyl (C=O) groups excluding carboxylic acids is 3. The molecule has 0 bridgehead atoms. The van der Waals surface area contributed by atoms with Crippen LogP contribution in [0, 0.1) is 0 Å². The number of aromatic amines is 1. The summed E-state index contributed by atoms with van der Waals surface area (Å²) in [6.07, 6.45) is 1.27. The van der Waals surface area contributed by atoms with Gasteiger partial charge in [0.2, 0.25) is 0 Å². The lowest BCUT2D eigenvalue weighted by molar-refractivity contribution is 0.0943. The van der Waals surface area contributed by atoms with Crippen LogP contribution in [0.5, 0.6) is 5.75 Å². The van der Waals surface area contributed by atoms with Crippen molar-refractivity contribution in [1.29, 1.82) is 0 Å². The lowest BCUT2D eigenvalue weighted by Gasteiger charge is -2.10. The van der Waals surface area contributed by atoms with Crippen LogP contribution in [0.25, 0.3) is 0 Å². The second-order valence-corrected chi connectivity index (χ2v) is 6.47. The summed E-state index contributed by atoms with van der Waals surface area (Å²) in [7, 11) is 2.90. The van der Waals surface area contributed by atoms with Crippen LogP contribution in [-0.2, 0) is 0 Å². The number of halogens is 1. The van der Waals surface area contributed by atoms with Crippen LogP contribution in [0.1, 0.15) is 31.3 Å². The van der Waals surface area contributed by atoms with Gasteiger partial charge in [0.25, 0.3) is 17.7 Å². The Bertz CT molecular complexity index is 1090. The Kier molecular flexibility index (Phi) is 6.33. The third-order valence-corrected chi connectivity index (χ3v) is 4.35. The molecule has 0 aliphatic carbocycles. The van der Waals surface area contributed by atoms with E-state index in [2.05, 4.69) is 25.9 Å². The zero-order valence-corrected chi connectivity index (χ0v) is 16.8. The Hall–Kier alpha value is -3.85. The largest absolute Gasteiger partial charge is 0.496 e. The molecule has 0 atom stereocenters. The number of rotatable bonds is 6. The molecule has 10 heteroatoms. The van der Waals surface area contributed by atoms with E-state index >= 15 is 0 Å². The van der Waals surface area contributed by atoms with E-state index in [0.717, 1.165) is 0 Å². The molecular weight excluding hydrogens is 410 g/mol. The molecule has 30 heavy (non-hydrogen) atoms. The molecule has 0 fully saturated rings. The Morgan fingerprint density at radius 1 is 0.967 bits per heavy atom. The first-order valence-electron chi connectivity index (χ1n) is 8.74. The van der Waals surface area contributed by atoms with Crippen molar-refractivity contribution in [2.75, 3.05) is 24.8 Å². The fraction of sp³-hybridized carbons (Fsp3) is 0.100. The number of H-pyrrole nitrogens is 1. The summed E-state index contributed by atoms with van der Waals surface area (Å²) in [5.74, 6) is -1.01. The number of hydrogen-bond acceptors (Lipinski definition) is 5. The number of hydrogen-bond donors (Lipinski definition) is 4. The van der Waals surface area contributed by atoms with Gasteiger partial charge in [-0.25, -0.2) is 4.98 Å². The summed E-state index contributed by atoms with van der Waals surface area (Å²) >= 11 is 5.92. The van der Waals surface area contributed by atoms with Crippen molar-refractivity contribution in [2.45, 2.75) is 0 Å². The van der Waals surface area contributed by atoms with Gasteiger partial charge >= 0.3 is 0 Å². The van der Waals surface area contributed by atoms with Gasteiger partial charge in [-0.1, -0.05) is 11.6 Å². The van der Waals surface area contributed by atoms with E-state index in [1.807, 2.05) is 0 Å². The first kappa shape index (κ1) is 20.9. The van der Waals surface area contributed by atoms with Crippen molar-refractivity contribution in [2.24, 2.45) is 0 Å². The van der Waals surface area contributed by atoms with E-state index in [9.17, 15) is 14.4 Å². The minimum atomic E-state index is -0.520. The quantitative estimate of drug-likeness (QED) is 0.481. The maximum absolute atomic E-state index is 12.5. The van der Waals surface area contributed by atoms with Gasteiger partial charge in [0.05, 0.1) is 19.0 Å².